The summed E-state index contributed by atoms with van der Waals surface area (Å²) in [6, 6.07) is 12.8. The number of hydrogen-bond donors (Lipinski definition) is 1. The molecule has 4 nitrogen and oxygen atoms in total. The molecule has 1 aromatic heterocycles. The van der Waals surface area contributed by atoms with Gasteiger partial charge in [-0.3, -0.25) is 0 Å². The van der Waals surface area contributed by atoms with Crippen molar-refractivity contribution < 1.29 is 21.6 Å². The molecule has 0 aliphatic rings. The Labute approximate surface area is 161 Å². The molecular weight excluding hydrogens is 389 g/mol. The Morgan fingerprint density at radius 1 is 1.00 bits per heavy atom. The number of nitrogen functional groups attached to an aromatic ring is 1. The predicted molar refractivity (Wildman–Crippen MR) is 101 cm³/mol. The van der Waals surface area contributed by atoms with Gasteiger partial charge in [0.1, 0.15) is 10.7 Å². The summed E-state index contributed by atoms with van der Waals surface area (Å²) in [5.41, 5.74) is 6.85. The number of nitrogens with two attached hydrogens (primary N) is 1. The molecule has 0 spiro atoms. The molecule has 0 bridgehead atoms. The van der Waals surface area contributed by atoms with Gasteiger partial charge in [-0.05, 0) is 49.2 Å². The van der Waals surface area contributed by atoms with Gasteiger partial charge in [0.15, 0.2) is 0 Å². The zero-order valence-electron chi connectivity index (χ0n) is 15.3. The van der Waals surface area contributed by atoms with Crippen LogP contribution in [-0.4, -0.2) is 13.0 Å². The molecule has 0 saturated carbocycles. The minimum absolute atomic E-state index is 0.0104. The molecule has 1 heterocycles. The van der Waals surface area contributed by atoms with E-state index in [4.69, 9.17) is 5.73 Å². The fraction of sp³-hybridized carbons (Fsp3) is 0.200. The molecular formula is C20H19F3N2O2S. The van der Waals surface area contributed by atoms with Gasteiger partial charge in [-0.2, -0.15) is 13.2 Å². The first-order chi connectivity index (χ1) is 13.0. The van der Waals surface area contributed by atoms with Gasteiger partial charge in [0.05, 0.1) is 10.5 Å². The van der Waals surface area contributed by atoms with Gasteiger partial charge in [-0.1, -0.05) is 30.3 Å². The Balaban J connectivity index is 2.08. The van der Waals surface area contributed by atoms with Gasteiger partial charge in [-0.15, -0.1) is 0 Å². The van der Waals surface area contributed by atoms with Gasteiger partial charge >= 0.3 is 6.18 Å². The topological polar surface area (TPSA) is 65.1 Å². The number of alkyl halides is 3. The molecule has 0 radical (unpaired) electrons. The third-order valence-electron chi connectivity index (χ3n) is 4.73. The number of nitrogens with zero attached hydrogens (tertiary/aromatic N) is 1. The van der Waals surface area contributed by atoms with Crippen molar-refractivity contribution in [3.8, 4) is 0 Å². The molecule has 2 aromatic carbocycles. The maximum Gasteiger partial charge on any atom is 0.416 e. The largest absolute Gasteiger partial charge is 0.416 e. The van der Waals surface area contributed by atoms with E-state index in [1.807, 2.05) is 0 Å². The Morgan fingerprint density at radius 2 is 1.64 bits per heavy atom. The second-order valence-electron chi connectivity index (χ2n) is 6.53. The minimum atomic E-state index is -4.45. The summed E-state index contributed by atoms with van der Waals surface area (Å²) >= 11 is 0. The van der Waals surface area contributed by atoms with E-state index in [9.17, 15) is 21.6 Å². The van der Waals surface area contributed by atoms with E-state index in [0.717, 1.165) is 12.1 Å². The quantitative estimate of drug-likeness (QED) is 0.687. The molecule has 8 heteroatoms. The highest BCUT2D eigenvalue weighted by Gasteiger charge is 2.31. The van der Waals surface area contributed by atoms with E-state index in [2.05, 4.69) is 0 Å². The van der Waals surface area contributed by atoms with Crippen LogP contribution in [-0.2, 0) is 22.6 Å². The number of aromatic nitrogens is 1. The second-order valence-corrected chi connectivity index (χ2v) is 8.41. The van der Waals surface area contributed by atoms with Crippen molar-refractivity contribution in [2.24, 2.45) is 0 Å². The summed E-state index contributed by atoms with van der Waals surface area (Å²) < 4.78 is 66.5. The fourth-order valence-electron chi connectivity index (χ4n) is 3.15. The van der Waals surface area contributed by atoms with Crippen LogP contribution in [0.1, 0.15) is 22.4 Å². The average molecular weight is 408 g/mol. The summed E-state index contributed by atoms with van der Waals surface area (Å²) in [5.74, 6) is 0.0104. The lowest BCUT2D eigenvalue weighted by Gasteiger charge is -2.12. The maximum absolute atomic E-state index is 13.0. The summed E-state index contributed by atoms with van der Waals surface area (Å²) in [5, 5.41) is 0. The van der Waals surface area contributed by atoms with Crippen molar-refractivity contribution in [1.82, 2.24) is 4.57 Å². The predicted octanol–water partition coefficient (Wildman–Crippen LogP) is 4.59. The SMILES string of the molecule is Cc1c(S(=O)(=O)c2ccccc2)c(N)n(Cc2cccc(C(F)(F)F)c2)c1C. The van der Waals surface area contributed by atoms with Crippen LogP contribution in [0.5, 0.6) is 0 Å². The smallest absolute Gasteiger partial charge is 0.384 e. The normalized spacial score (nSPS) is 12.3. The molecule has 3 rings (SSSR count). The average Bonchev–Trinajstić information content (AvgIpc) is 2.86. The van der Waals surface area contributed by atoms with Crippen molar-refractivity contribution in [3.05, 3.63) is 77.0 Å². The molecule has 3 aromatic rings. The monoisotopic (exact) mass is 408 g/mol. The van der Waals surface area contributed by atoms with E-state index in [0.29, 0.717) is 16.8 Å². The van der Waals surface area contributed by atoms with E-state index >= 15 is 0 Å². The highest BCUT2D eigenvalue weighted by atomic mass is 32.2. The van der Waals surface area contributed by atoms with Gasteiger partial charge in [-0.25, -0.2) is 8.42 Å². The Bertz CT molecular complexity index is 1120. The van der Waals surface area contributed by atoms with Crippen molar-refractivity contribution in [2.75, 3.05) is 5.73 Å². The number of halogens is 3. The Kier molecular flexibility index (Phi) is 5.01. The van der Waals surface area contributed by atoms with Crippen LogP contribution in [0.4, 0.5) is 19.0 Å². The van der Waals surface area contributed by atoms with Crippen LogP contribution in [0, 0.1) is 13.8 Å². The summed E-state index contributed by atoms with van der Waals surface area (Å²) in [6.45, 7) is 3.38. The Hall–Kier alpha value is -2.74. The van der Waals surface area contributed by atoms with E-state index in [1.165, 1.54) is 22.8 Å². The molecule has 148 valence electrons. The molecule has 28 heavy (non-hydrogen) atoms. The van der Waals surface area contributed by atoms with Crippen LogP contribution in [0.3, 0.4) is 0 Å². The number of hydrogen-bond acceptors (Lipinski definition) is 3. The fourth-order valence-corrected chi connectivity index (χ4v) is 4.84. The molecule has 0 aliphatic heterocycles. The van der Waals surface area contributed by atoms with Crippen LogP contribution in [0.25, 0.3) is 0 Å². The molecule has 0 saturated heterocycles. The molecule has 0 amide bonds. The van der Waals surface area contributed by atoms with Gasteiger partial charge in [0.25, 0.3) is 0 Å². The summed E-state index contributed by atoms with van der Waals surface area (Å²) in [4.78, 5) is 0.101. The van der Waals surface area contributed by atoms with Crippen LogP contribution < -0.4 is 5.73 Å². The number of benzene rings is 2. The third kappa shape index (κ3) is 3.52. The van der Waals surface area contributed by atoms with Crippen molar-refractivity contribution >= 4 is 15.7 Å². The molecule has 0 aliphatic carbocycles. The maximum atomic E-state index is 13.0. The number of anilines is 1. The van der Waals surface area contributed by atoms with Crippen molar-refractivity contribution in [1.29, 1.82) is 0 Å². The van der Waals surface area contributed by atoms with Crippen LogP contribution in [0.15, 0.2) is 64.4 Å². The lowest BCUT2D eigenvalue weighted by molar-refractivity contribution is -0.137. The van der Waals surface area contributed by atoms with Gasteiger partial charge in [0, 0.05) is 12.2 Å². The van der Waals surface area contributed by atoms with Crippen molar-refractivity contribution in [3.63, 3.8) is 0 Å². The zero-order valence-corrected chi connectivity index (χ0v) is 16.1. The first-order valence-electron chi connectivity index (χ1n) is 8.45. The molecule has 0 unspecified atom stereocenters. The first kappa shape index (κ1) is 20.0. The van der Waals surface area contributed by atoms with Crippen LogP contribution >= 0.6 is 0 Å². The first-order valence-corrected chi connectivity index (χ1v) is 9.93. The Morgan fingerprint density at radius 3 is 2.25 bits per heavy atom. The standard InChI is InChI=1S/C20H19F3N2O2S/c1-13-14(2)25(12-15-7-6-8-16(11-15)20(21,22)23)19(24)18(13)28(26,27)17-9-4-3-5-10-17/h3-11H,12,24H2,1-2H3. The zero-order chi connectivity index (χ0) is 20.7. The number of rotatable bonds is 4. The third-order valence-corrected chi connectivity index (χ3v) is 6.67. The van der Waals surface area contributed by atoms with Gasteiger partial charge < -0.3 is 10.3 Å². The van der Waals surface area contributed by atoms with E-state index < -0.39 is 21.6 Å². The van der Waals surface area contributed by atoms with E-state index in [-0.39, 0.29) is 22.2 Å². The van der Waals surface area contributed by atoms with E-state index in [1.54, 1.807) is 38.1 Å². The highest BCUT2D eigenvalue weighted by Crippen LogP contribution is 2.34. The minimum Gasteiger partial charge on any atom is -0.384 e. The second kappa shape index (κ2) is 7.01. The molecule has 2 N–H and O–H groups in total. The summed E-state index contributed by atoms with van der Waals surface area (Å²) in [6.07, 6.45) is -4.45. The van der Waals surface area contributed by atoms with Crippen LogP contribution in [0.2, 0.25) is 0 Å². The molecule has 0 fully saturated rings. The van der Waals surface area contributed by atoms with Gasteiger partial charge in [0.2, 0.25) is 9.84 Å². The highest BCUT2D eigenvalue weighted by molar-refractivity contribution is 7.91. The number of sulfone groups is 1. The summed E-state index contributed by atoms with van der Waals surface area (Å²) in [7, 11) is -3.85. The molecule has 0 atom stereocenters. The lowest BCUT2D eigenvalue weighted by Crippen LogP contribution is -2.10. The lowest BCUT2D eigenvalue weighted by atomic mass is 10.1. The van der Waals surface area contributed by atoms with Crippen molar-refractivity contribution in [2.45, 2.75) is 36.4 Å².